The third-order valence-corrected chi connectivity index (χ3v) is 3.60. The summed E-state index contributed by atoms with van der Waals surface area (Å²) in [6.45, 7) is 10.1. The molecule has 0 amide bonds. The van der Waals surface area contributed by atoms with Crippen LogP contribution in [0.25, 0.3) is 0 Å². The molecule has 2 rings (SSSR count). The lowest BCUT2D eigenvalue weighted by Crippen LogP contribution is -2.48. The van der Waals surface area contributed by atoms with Crippen molar-refractivity contribution in [1.29, 1.82) is 0 Å². The first-order valence-corrected chi connectivity index (χ1v) is 6.27. The van der Waals surface area contributed by atoms with Gasteiger partial charge in [0.25, 0.3) is 0 Å². The van der Waals surface area contributed by atoms with Gasteiger partial charge in [-0.2, -0.15) is 0 Å². The Morgan fingerprint density at radius 1 is 1.29 bits per heavy atom. The van der Waals surface area contributed by atoms with Crippen LogP contribution in [0.2, 0.25) is 0 Å². The lowest BCUT2D eigenvalue weighted by Gasteiger charge is -2.43. The Morgan fingerprint density at radius 3 is 2.41 bits per heavy atom. The molecule has 1 fully saturated rings. The summed E-state index contributed by atoms with van der Waals surface area (Å²) in [5.74, 6) is 0. The van der Waals surface area contributed by atoms with Gasteiger partial charge >= 0.3 is 0 Å². The summed E-state index contributed by atoms with van der Waals surface area (Å²) in [5, 5.41) is 9.97. The number of pyridine rings is 1. The van der Waals surface area contributed by atoms with Gasteiger partial charge in [0.1, 0.15) is 0 Å². The molecule has 1 aliphatic heterocycles. The van der Waals surface area contributed by atoms with Crippen molar-refractivity contribution in [3.63, 3.8) is 0 Å². The Hall–Kier alpha value is -1.09. The van der Waals surface area contributed by atoms with Gasteiger partial charge in [-0.3, -0.25) is 4.98 Å². The van der Waals surface area contributed by atoms with E-state index in [1.165, 1.54) is 5.69 Å². The van der Waals surface area contributed by atoms with Crippen LogP contribution in [0.3, 0.4) is 0 Å². The monoisotopic (exact) mass is 234 g/mol. The van der Waals surface area contributed by atoms with Gasteiger partial charge in [0.2, 0.25) is 0 Å². The summed E-state index contributed by atoms with van der Waals surface area (Å²) in [6, 6.07) is 4.25. The second-order valence-electron chi connectivity index (χ2n) is 5.82. The van der Waals surface area contributed by atoms with Gasteiger partial charge in [-0.25, -0.2) is 0 Å². The lowest BCUT2D eigenvalue weighted by molar-refractivity contribution is 0.0336. The number of anilines is 1. The van der Waals surface area contributed by atoms with Crippen LogP contribution < -0.4 is 4.90 Å². The van der Waals surface area contributed by atoms with Gasteiger partial charge in [-0.1, -0.05) is 13.8 Å². The highest BCUT2D eigenvalue weighted by molar-refractivity contribution is 5.49. The SMILES string of the molecule is Cc1cc(N2CCC(O)C(C)(C)C2)cc(C)n1. The van der Waals surface area contributed by atoms with Crippen molar-refractivity contribution in [2.45, 2.75) is 40.2 Å². The Labute approximate surface area is 103 Å². The zero-order valence-electron chi connectivity index (χ0n) is 11.2. The van der Waals surface area contributed by atoms with Crippen LogP contribution in [0.5, 0.6) is 0 Å². The maximum atomic E-state index is 9.97. The Kier molecular flexibility index (Phi) is 3.13. The first kappa shape index (κ1) is 12.4. The summed E-state index contributed by atoms with van der Waals surface area (Å²) in [6.07, 6.45) is 0.649. The fraction of sp³-hybridized carbons (Fsp3) is 0.643. The maximum absolute atomic E-state index is 9.97. The molecule has 3 nitrogen and oxygen atoms in total. The molecule has 2 heterocycles. The third-order valence-electron chi connectivity index (χ3n) is 3.60. The van der Waals surface area contributed by atoms with Crippen molar-refractivity contribution in [3.8, 4) is 0 Å². The predicted molar refractivity (Wildman–Crippen MR) is 70.3 cm³/mol. The number of aromatic nitrogens is 1. The molecule has 17 heavy (non-hydrogen) atoms. The standard InChI is InChI=1S/C14H22N2O/c1-10-7-12(8-11(2)15-10)16-6-5-13(17)14(3,4)9-16/h7-8,13,17H,5-6,9H2,1-4H3. The van der Waals surface area contributed by atoms with E-state index in [-0.39, 0.29) is 11.5 Å². The number of aryl methyl sites for hydroxylation is 2. The van der Waals surface area contributed by atoms with E-state index in [4.69, 9.17) is 0 Å². The number of aliphatic hydroxyl groups excluding tert-OH is 1. The fourth-order valence-corrected chi connectivity index (χ4v) is 2.56. The summed E-state index contributed by atoms with van der Waals surface area (Å²) < 4.78 is 0. The van der Waals surface area contributed by atoms with Crippen LogP contribution in [0, 0.1) is 19.3 Å². The van der Waals surface area contributed by atoms with Crippen LogP contribution in [-0.4, -0.2) is 29.3 Å². The van der Waals surface area contributed by atoms with Crippen molar-refractivity contribution in [2.24, 2.45) is 5.41 Å². The number of piperidine rings is 1. The smallest absolute Gasteiger partial charge is 0.0624 e. The molecule has 1 aromatic heterocycles. The maximum Gasteiger partial charge on any atom is 0.0624 e. The summed E-state index contributed by atoms with van der Waals surface area (Å²) in [7, 11) is 0. The largest absolute Gasteiger partial charge is 0.392 e. The van der Waals surface area contributed by atoms with E-state index in [2.05, 4.69) is 35.9 Å². The highest BCUT2D eigenvalue weighted by Crippen LogP contribution is 2.32. The van der Waals surface area contributed by atoms with E-state index in [9.17, 15) is 5.11 Å². The topological polar surface area (TPSA) is 36.4 Å². The fourth-order valence-electron chi connectivity index (χ4n) is 2.56. The molecule has 1 saturated heterocycles. The highest BCUT2D eigenvalue weighted by Gasteiger charge is 2.34. The van der Waals surface area contributed by atoms with Crippen LogP contribution in [0.15, 0.2) is 12.1 Å². The summed E-state index contributed by atoms with van der Waals surface area (Å²) >= 11 is 0. The van der Waals surface area contributed by atoms with E-state index in [0.717, 1.165) is 30.9 Å². The molecule has 1 aromatic rings. The Bertz CT molecular complexity index is 394. The first-order chi connectivity index (χ1) is 7.88. The molecular weight excluding hydrogens is 212 g/mol. The minimum absolute atomic E-state index is 0.0384. The number of nitrogens with zero attached hydrogens (tertiary/aromatic N) is 2. The summed E-state index contributed by atoms with van der Waals surface area (Å²) in [5.41, 5.74) is 3.31. The molecule has 0 aromatic carbocycles. The van der Waals surface area contributed by atoms with Crippen LogP contribution in [0.1, 0.15) is 31.7 Å². The number of rotatable bonds is 1. The molecule has 0 saturated carbocycles. The van der Waals surface area contributed by atoms with Crippen molar-refractivity contribution in [2.75, 3.05) is 18.0 Å². The van der Waals surface area contributed by atoms with E-state index < -0.39 is 0 Å². The summed E-state index contributed by atoms with van der Waals surface area (Å²) in [4.78, 5) is 6.76. The van der Waals surface area contributed by atoms with Gasteiger partial charge in [0.05, 0.1) is 6.10 Å². The molecule has 0 radical (unpaired) electrons. The molecule has 1 atom stereocenters. The van der Waals surface area contributed by atoms with E-state index in [1.807, 2.05) is 13.8 Å². The van der Waals surface area contributed by atoms with E-state index in [0.29, 0.717) is 0 Å². The van der Waals surface area contributed by atoms with Crippen molar-refractivity contribution < 1.29 is 5.11 Å². The normalized spacial score (nSPS) is 23.8. The van der Waals surface area contributed by atoms with Crippen molar-refractivity contribution in [1.82, 2.24) is 4.98 Å². The highest BCUT2D eigenvalue weighted by atomic mass is 16.3. The molecular formula is C14H22N2O. The van der Waals surface area contributed by atoms with Gasteiger partial charge in [0, 0.05) is 35.6 Å². The minimum Gasteiger partial charge on any atom is -0.392 e. The zero-order valence-corrected chi connectivity index (χ0v) is 11.2. The van der Waals surface area contributed by atoms with E-state index in [1.54, 1.807) is 0 Å². The van der Waals surface area contributed by atoms with Crippen molar-refractivity contribution in [3.05, 3.63) is 23.5 Å². The van der Waals surface area contributed by atoms with Gasteiger partial charge in [0.15, 0.2) is 0 Å². The zero-order chi connectivity index (χ0) is 12.6. The van der Waals surface area contributed by atoms with Crippen molar-refractivity contribution >= 4 is 5.69 Å². The lowest BCUT2D eigenvalue weighted by atomic mass is 9.81. The third kappa shape index (κ3) is 2.60. The molecule has 1 N–H and O–H groups in total. The van der Waals surface area contributed by atoms with E-state index >= 15 is 0 Å². The van der Waals surface area contributed by atoms with Gasteiger partial charge < -0.3 is 10.0 Å². The second-order valence-corrected chi connectivity index (χ2v) is 5.82. The molecule has 0 bridgehead atoms. The Balaban J connectivity index is 2.23. The van der Waals surface area contributed by atoms with Gasteiger partial charge in [-0.15, -0.1) is 0 Å². The molecule has 0 spiro atoms. The number of aliphatic hydroxyl groups is 1. The second kappa shape index (κ2) is 4.30. The minimum atomic E-state index is -0.192. The first-order valence-electron chi connectivity index (χ1n) is 6.27. The van der Waals surface area contributed by atoms with Gasteiger partial charge in [-0.05, 0) is 32.4 Å². The quantitative estimate of drug-likeness (QED) is 0.810. The van der Waals surface area contributed by atoms with Crippen LogP contribution >= 0.6 is 0 Å². The molecule has 1 aliphatic rings. The average Bonchev–Trinajstić information content (AvgIpc) is 2.20. The predicted octanol–water partition coefficient (Wildman–Crippen LogP) is 2.30. The molecule has 94 valence electrons. The van der Waals surface area contributed by atoms with Crippen LogP contribution in [0.4, 0.5) is 5.69 Å². The number of hydrogen-bond acceptors (Lipinski definition) is 3. The molecule has 1 unspecified atom stereocenters. The van der Waals surface area contributed by atoms with Crippen LogP contribution in [-0.2, 0) is 0 Å². The Morgan fingerprint density at radius 2 is 1.88 bits per heavy atom. The molecule has 3 heteroatoms. The number of hydrogen-bond donors (Lipinski definition) is 1. The molecule has 0 aliphatic carbocycles. The average molecular weight is 234 g/mol.